The van der Waals surface area contributed by atoms with E-state index in [9.17, 15) is 4.39 Å². The van der Waals surface area contributed by atoms with Crippen LogP contribution < -0.4 is 0 Å². The van der Waals surface area contributed by atoms with Crippen LogP contribution in [0.5, 0.6) is 0 Å². The first-order chi connectivity index (χ1) is 13.1. The van der Waals surface area contributed by atoms with Crippen LogP contribution in [0.1, 0.15) is 23.6 Å². The fourth-order valence-corrected chi connectivity index (χ4v) is 3.22. The maximum atomic E-state index is 13.8. The summed E-state index contributed by atoms with van der Waals surface area (Å²) >= 11 is 1.41. The van der Waals surface area contributed by atoms with Crippen molar-refractivity contribution in [3.8, 4) is 17.1 Å². The van der Waals surface area contributed by atoms with Crippen LogP contribution in [0, 0.1) is 12.7 Å². The van der Waals surface area contributed by atoms with Gasteiger partial charge in [0.25, 0.3) is 0 Å². The van der Waals surface area contributed by atoms with Gasteiger partial charge in [0.1, 0.15) is 12.1 Å². The second-order valence-corrected chi connectivity index (χ2v) is 7.30. The lowest BCUT2D eigenvalue weighted by Gasteiger charge is -2.02. The van der Waals surface area contributed by atoms with Gasteiger partial charge < -0.3 is 4.52 Å². The second kappa shape index (κ2) is 7.32. The summed E-state index contributed by atoms with van der Waals surface area (Å²) in [6.45, 7) is 3.64. The number of hydrogen-bond acceptors (Lipinski definition) is 6. The number of thioether (sulfide) groups is 1. The fraction of sp³-hybridized carbons (Fsp3) is 0.158. The van der Waals surface area contributed by atoms with Gasteiger partial charge in [-0.2, -0.15) is 4.98 Å². The van der Waals surface area contributed by atoms with Crippen molar-refractivity contribution in [1.29, 1.82) is 0 Å². The van der Waals surface area contributed by atoms with Crippen LogP contribution in [0.2, 0.25) is 0 Å². The highest BCUT2D eigenvalue weighted by molar-refractivity contribution is 7.99. The van der Waals surface area contributed by atoms with E-state index in [0.717, 1.165) is 5.69 Å². The molecular formula is C19H16FN5OS. The zero-order chi connectivity index (χ0) is 18.8. The van der Waals surface area contributed by atoms with Crippen LogP contribution in [-0.2, 0) is 0 Å². The van der Waals surface area contributed by atoms with Gasteiger partial charge in [-0.05, 0) is 37.6 Å². The highest BCUT2D eigenvalue weighted by Gasteiger charge is 2.19. The summed E-state index contributed by atoms with van der Waals surface area (Å²) in [6, 6.07) is 14.6. The van der Waals surface area contributed by atoms with Gasteiger partial charge in [-0.25, -0.2) is 14.1 Å². The minimum Gasteiger partial charge on any atom is -0.338 e. The topological polar surface area (TPSA) is 69.6 Å². The molecule has 0 saturated carbocycles. The number of benzene rings is 2. The highest BCUT2D eigenvalue weighted by Crippen LogP contribution is 2.33. The minimum absolute atomic E-state index is 0.145. The number of para-hydroxylation sites is 1. The molecule has 0 aliphatic heterocycles. The SMILES string of the molecule is Cc1ccc(-c2noc(C(C)Sc3ncn(-c4ccccc4)n3)n2)cc1F. The Hall–Kier alpha value is -3.00. The zero-order valence-electron chi connectivity index (χ0n) is 14.7. The largest absolute Gasteiger partial charge is 0.338 e. The molecule has 0 radical (unpaired) electrons. The molecule has 0 amide bonds. The second-order valence-electron chi connectivity index (χ2n) is 5.99. The van der Waals surface area contributed by atoms with Gasteiger partial charge in [-0.1, -0.05) is 47.3 Å². The number of aryl methyl sites for hydroxylation is 1. The predicted molar refractivity (Wildman–Crippen MR) is 100 cm³/mol. The van der Waals surface area contributed by atoms with Crippen molar-refractivity contribution in [2.24, 2.45) is 0 Å². The molecule has 2 heterocycles. The lowest BCUT2D eigenvalue weighted by molar-refractivity contribution is 0.380. The van der Waals surface area contributed by atoms with E-state index in [1.807, 2.05) is 37.3 Å². The Morgan fingerprint density at radius 3 is 2.74 bits per heavy atom. The van der Waals surface area contributed by atoms with Gasteiger partial charge in [-0.3, -0.25) is 0 Å². The van der Waals surface area contributed by atoms with Gasteiger partial charge in [0.15, 0.2) is 0 Å². The highest BCUT2D eigenvalue weighted by atomic mass is 32.2. The number of hydrogen-bond donors (Lipinski definition) is 0. The summed E-state index contributed by atoms with van der Waals surface area (Å²) in [4.78, 5) is 8.70. The van der Waals surface area contributed by atoms with Crippen LogP contribution in [0.4, 0.5) is 4.39 Å². The fourth-order valence-electron chi connectivity index (χ4n) is 2.47. The molecule has 2 aromatic carbocycles. The molecule has 0 saturated heterocycles. The molecule has 6 nitrogen and oxygen atoms in total. The number of aromatic nitrogens is 5. The van der Waals surface area contributed by atoms with Crippen LogP contribution in [-0.4, -0.2) is 24.9 Å². The normalized spacial score (nSPS) is 12.3. The molecule has 8 heteroatoms. The monoisotopic (exact) mass is 381 g/mol. The van der Waals surface area contributed by atoms with E-state index in [0.29, 0.717) is 28.0 Å². The molecule has 27 heavy (non-hydrogen) atoms. The first kappa shape index (κ1) is 17.4. The van der Waals surface area contributed by atoms with Gasteiger partial charge in [0.2, 0.25) is 16.9 Å². The van der Waals surface area contributed by atoms with Crippen molar-refractivity contribution < 1.29 is 8.91 Å². The molecule has 1 atom stereocenters. The first-order valence-electron chi connectivity index (χ1n) is 8.34. The summed E-state index contributed by atoms with van der Waals surface area (Å²) in [5, 5.41) is 8.88. The number of halogens is 1. The van der Waals surface area contributed by atoms with Crippen molar-refractivity contribution >= 4 is 11.8 Å². The Bertz CT molecular complexity index is 1060. The number of rotatable bonds is 5. The summed E-state index contributed by atoms with van der Waals surface area (Å²) in [7, 11) is 0. The third kappa shape index (κ3) is 3.75. The van der Waals surface area contributed by atoms with Crippen molar-refractivity contribution in [2.45, 2.75) is 24.3 Å². The Morgan fingerprint density at radius 2 is 1.96 bits per heavy atom. The maximum Gasteiger partial charge on any atom is 0.240 e. The molecule has 0 aliphatic carbocycles. The molecule has 4 aromatic rings. The van der Waals surface area contributed by atoms with E-state index in [2.05, 4.69) is 20.2 Å². The molecule has 0 spiro atoms. The third-order valence-corrected chi connectivity index (χ3v) is 4.95. The van der Waals surface area contributed by atoms with E-state index in [1.54, 1.807) is 30.1 Å². The Morgan fingerprint density at radius 1 is 1.15 bits per heavy atom. The lowest BCUT2D eigenvalue weighted by Crippen LogP contribution is -1.95. The van der Waals surface area contributed by atoms with E-state index in [-0.39, 0.29) is 11.1 Å². The minimum atomic E-state index is -0.295. The quantitative estimate of drug-likeness (QED) is 0.470. The average Bonchev–Trinajstić information content (AvgIpc) is 3.34. The van der Waals surface area contributed by atoms with Crippen molar-refractivity contribution in [1.82, 2.24) is 24.9 Å². The first-order valence-corrected chi connectivity index (χ1v) is 9.22. The summed E-state index contributed by atoms with van der Waals surface area (Å²) in [5.41, 5.74) is 2.09. The standard InChI is InChI=1S/C19H16FN5OS/c1-12-8-9-14(10-16(12)20)17-22-18(26-24-17)13(2)27-19-21-11-25(23-19)15-6-4-3-5-7-15/h3-11,13H,1-2H3. The lowest BCUT2D eigenvalue weighted by atomic mass is 10.1. The van der Waals surface area contributed by atoms with Gasteiger partial charge >= 0.3 is 0 Å². The molecule has 0 N–H and O–H groups in total. The molecule has 1 unspecified atom stereocenters. The van der Waals surface area contributed by atoms with Crippen LogP contribution in [0.25, 0.3) is 17.1 Å². The molecule has 136 valence electrons. The third-order valence-electron chi connectivity index (χ3n) is 3.99. The van der Waals surface area contributed by atoms with E-state index >= 15 is 0 Å². The Balaban J connectivity index is 1.49. The van der Waals surface area contributed by atoms with Crippen molar-refractivity contribution in [2.75, 3.05) is 0 Å². The molecule has 0 fully saturated rings. The van der Waals surface area contributed by atoms with Crippen LogP contribution in [0.15, 0.2) is 64.5 Å². The molecular weight excluding hydrogens is 365 g/mol. The number of nitrogens with zero attached hydrogens (tertiary/aromatic N) is 5. The zero-order valence-corrected chi connectivity index (χ0v) is 15.5. The summed E-state index contributed by atoms with van der Waals surface area (Å²) in [6.07, 6.45) is 1.67. The van der Waals surface area contributed by atoms with Gasteiger partial charge in [-0.15, -0.1) is 5.10 Å². The van der Waals surface area contributed by atoms with E-state index in [4.69, 9.17) is 4.52 Å². The van der Waals surface area contributed by atoms with Crippen molar-refractivity contribution in [3.63, 3.8) is 0 Å². The Labute approximate surface area is 159 Å². The van der Waals surface area contributed by atoms with Crippen LogP contribution in [0.3, 0.4) is 0 Å². The van der Waals surface area contributed by atoms with Crippen LogP contribution >= 0.6 is 11.8 Å². The average molecular weight is 381 g/mol. The van der Waals surface area contributed by atoms with E-state index < -0.39 is 0 Å². The Kier molecular flexibility index (Phi) is 4.72. The van der Waals surface area contributed by atoms with E-state index in [1.165, 1.54) is 17.8 Å². The van der Waals surface area contributed by atoms with Crippen molar-refractivity contribution in [3.05, 3.63) is 72.1 Å². The maximum absolute atomic E-state index is 13.8. The molecule has 0 bridgehead atoms. The summed E-state index contributed by atoms with van der Waals surface area (Å²) < 4.78 is 20.8. The smallest absolute Gasteiger partial charge is 0.240 e. The predicted octanol–water partition coefficient (Wildman–Crippen LogP) is 4.62. The summed E-state index contributed by atoms with van der Waals surface area (Å²) in [5.74, 6) is 0.503. The molecule has 2 aromatic heterocycles. The molecule has 0 aliphatic rings. The van der Waals surface area contributed by atoms with Gasteiger partial charge in [0, 0.05) is 5.56 Å². The van der Waals surface area contributed by atoms with Gasteiger partial charge in [0.05, 0.1) is 10.9 Å². The molecule has 4 rings (SSSR count).